The molecule has 2 atom stereocenters. The Balaban J connectivity index is 2.50. The second-order valence-electron chi connectivity index (χ2n) is 4.87. The molecule has 1 heterocycles. The molecule has 4 N–H and O–H groups in total. The highest BCUT2D eigenvalue weighted by atomic mass is 16.4. The monoisotopic (exact) mass is 265 g/mol. The molecule has 2 unspecified atom stereocenters. The number of carboxylic acid groups (broad SMARTS) is 1. The summed E-state index contributed by atoms with van der Waals surface area (Å²) in [6, 6.07) is 0. The molecule has 7 heteroatoms. The lowest BCUT2D eigenvalue weighted by Crippen LogP contribution is -2.42. The first-order chi connectivity index (χ1) is 9.01. The zero-order valence-corrected chi connectivity index (χ0v) is 10.3. The van der Waals surface area contributed by atoms with Gasteiger partial charge < -0.3 is 20.6 Å². The van der Waals surface area contributed by atoms with Crippen LogP contribution in [-0.4, -0.2) is 33.2 Å². The molecule has 1 aromatic rings. The van der Waals surface area contributed by atoms with Crippen LogP contribution in [-0.2, 0) is 15.0 Å². The normalized spacial score (nSPS) is 26.8. The molecule has 19 heavy (non-hydrogen) atoms. The number of imidazole rings is 1. The Labute approximate surface area is 109 Å². The fraction of sp³-hybridized carbons (Fsp3) is 0.500. The lowest BCUT2D eigenvalue weighted by Gasteiger charge is -2.35. The number of hydrogen-bond acceptors (Lipinski definition) is 4. The van der Waals surface area contributed by atoms with Crippen molar-refractivity contribution in [1.82, 2.24) is 9.97 Å². The molecule has 1 fully saturated rings. The molecule has 102 valence electrons. The van der Waals surface area contributed by atoms with Gasteiger partial charge in [-0.2, -0.15) is 0 Å². The van der Waals surface area contributed by atoms with Gasteiger partial charge in [-0.25, -0.2) is 4.98 Å². The number of aliphatic carboxylic acids is 1. The van der Waals surface area contributed by atoms with Crippen LogP contribution in [0.3, 0.4) is 0 Å². The third-order valence-electron chi connectivity index (χ3n) is 3.74. The smallest absolute Gasteiger partial charge is 0.315 e. The van der Waals surface area contributed by atoms with E-state index in [0.29, 0.717) is 19.3 Å². The van der Waals surface area contributed by atoms with E-state index in [4.69, 9.17) is 5.73 Å². The number of amides is 1. The number of hydrogen-bond donors (Lipinski definition) is 3. The minimum absolute atomic E-state index is 0.0612. The predicted octanol–water partition coefficient (Wildman–Crippen LogP) is 0.220. The Morgan fingerprint density at radius 2 is 2.32 bits per heavy atom. The number of nitrogens with one attached hydrogen (secondary N) is 1. The van der Waals surface area contributed by atoms with E-state index in [1.54, 1.807) is 0 Å². The van der Waals surface area contributed by atoms with Gasteiger partial charge in [-0.15, -0.1) is 0 Å². The van der Waals surface area contributed by atoms with E-state index >= 15 is 0 Å². The molecule has 2 rings (SSSR count). The molecule has 7 nitrogen and oxygen atoms in total. The third-order valence-corrected chi connectivity index (χ3v) is 3.74. The highest BCUT2D eigenvalue weighted by Gasteiger charge is 2.47. The fourth-order valence-electron chi connectivity index (χ4n) is 2.81. The van der Waals surface area contributed by atoms with Crippen molar-refractivity contribution in [1.29, 1.82) is 0 Å². The summed E-state index contributed by atoms with van der Waals surface area (Å²) in [4.78, 5) is 40.5. The molecule has 0 aliphatic heterocycles. The number of H-pyrrole nitrogens is 1. The van der Waals surface area contributed by atoms with Crippen LogP contribution in [0.25, 0.3) is 0 Å². The summed E-state index contributed by atoms with van der Waals surface area (Å²) in [5.41, 5.74) is 4.07. The molecule has 1 aliphatic carbocycles. The van der Waals surface area contributed by atoms with Gasteiger partial charge in [0.05, 0.1) is 12.0 Å². The van der Waals surface area contributed by atoms with Crippen molar-refractivity contribution in [2.45, 2.75) is 31.1 Å². The zero-order chi connectivity index (χ0) is 14.0. The molecule has 0 bridgehead atoms. The van der Waals surface area contributed by atoms with E-state index in [0.717, 1.165) is 6.29 Å². The van der Waals surface area contributed by atoms with E-state index < -0.39 is 17.3 Å². The number of aromatic nitrogens is 2. The number of carboxylic acids is 1. The number of primary amides is 1. The first-order valence-corrected chi connectivity index (χ1v) is 6.03. The van der Waals surface area contributed by atoms with Crippen LogP contribution in [0.4, 0.5) is 0 Å². The number of aldehydes is 1. The van der Waals surface area contributed by atoms with Gasteiger partial charge in [-0.1, -0.05) is 6.42 Å². The van der Waals surface area contributed by atoms with E-state index in [9.17, 15) is 19.5 Å². The lowest BCUT2D eigenvalue weighted by molar-refractivity contribution is -0.146. The van der Waals surface area contributed by atoms with E-state index in [-0.39, 0.29) is 23.7 Å². The van der Waals surface area contributed by atoms with E-state index in [2.05, 4.69) is 9.97 Å². The molecule has 1 amide bonds. The van der Waals surface area contributed by atoms with Crippen LogP contribution < -0.4 is 5.73 Å². The summed E-state index contributed by atoms with van der Waals surface area (Å²) in [5.74, 6) is -2.16. The first kappa shape index (κ1) is 13.3. The van der Waals surface area contributed by atoms with E-state index in [1.165, 1.54) is 6.33 Å². The quantitative estimate of drug-likeness (QED) is 0.671. The van der Waals surface area contributed by atoms with Crippen molar-refractivity contribution in [2.24, 2.45) is 11.7 Å². The molecular weight excluding hydrogens is 250 g/mol. The van der Waals surface area contributed by atoms with Gasteiger partial charge in [0.25, 0.3) is 5.91 Å². The lowest BCUT2D eigenvalue weighted by atomic mass is 9.67. The van der Waals surface area contributed by atoms with Crippen LogP contribution in [0.15, 0.2) is 6.33 Å². The van der Waals surface area contributed by atoms with Crippen molar-refractivity contribution in [3.63, 3.8) is 0 Å². The maximum atomic E-state index is 11.7. The Morgan fingerprint density at radius 3 is 2.89 bits per heavy atom. The van der Waals surface area contributed by atoms with Crippen molar-refractivity contribution < 1.29 is 19.5 Å². The molecule has 0 spiro atoms. The number of carbonyl (C=O) groups excluding carboxylic acids is 2. The maximum Gasteiger partial charge on any atom is 0.315 e. The Bertz CT molecular complexity index is 525. The van der Waals surface area contributed by atoms with Crippen molar-refractivity contribution in [3.05, 3.63) is 17.7 Å². The SMILES string of the molecule is NC(=O)c1nc[nH]c1C1(C(=O)O)CCCC(C=O)C1. The number of rotatable bonds is 4. The summed E-state index contributed by atoms with van der Waals surface area (Å²) in [7, 11) is 0. The average molecular weight is 265 g/mol. The minimum Gasteiger partial charge on any atom is -0.481 e. The predicted molar refractivity (Wildman–Crippen MR) is 64.4 cm³/mol. The van der Waals surface area contributed by atoms with Crippen LogP contribution >= 0.6 is 0 Å². The molecule has 0 aromatic carbocycles. The molecule has 0 saturated heterocycles. The zero-order valence-electron chi connectivity index (χ0n) is 10.3. The van der Waals surface area contributed by atoms with Crippen LogP contribution in [0.1, 0.15) is 41.9 Å². The molecule has 1 aromatic heterocycles. The average Bonchev–Trinajstić information content (AvgIpc) is 2.88. The number of carbonyl (C=O) groups is 3. The van der Waals surface area contributed by atoms with Gasteiger partial charge >= 0.3 is 5.97 Å². The topological polar surface area (TPSA) is 126 Å². The van der Waals surface area contributed by atoms with Crippen molar-refractivity contribution in [2.75, 3.05) is 0 Å². The van der Waals surface area contributed by atoms with E-state index in [1.807, 2.05) is 0 Å². The van der Waals surface area contributed by atoms with Crippen molar-refractivity contribution >= 4 is 18.2 Å². The Morgan fingerprint density at radius 1 is 1.58 bits per heavy atom. The second kappa shape index (κ2) is 4.83. The van der Waals surface area contributed by atoms with Gasteiger partial charge in [0, 0.05) is 5.92 Å². The van der Waals surface area contributed by atoms with Crippen LogP contribution in [0.2, 0.25) is 0 Å². The fourth-order valence-corrected chi connectivity index (χ4v) is 2.81. The number of nitrogens with zero attached hydrogens (tertiary/aromatic N) is 1. The highest BCUT2D eigenvalue weighted by molar-refractivity contribution is 5.95. The summed E-state index contributed by atoms with van der Waals surface area (Å²) in [5, 5.41) is 9.56. The van der Waals surface area contributed by atoms with Crippen LogP contribution in [0.5, 0.6) is 0 Å². The minimum atomic E-state index is -1.29. The molecule has 0 radical (unpaired) electrons. The number of aromatic amines is 1. The summed E-state index contributed by atoms with van der Waals surface area (Å²) in [6.45, 7) is 0. The molecule has 1 aliphatic rings. The summed E-state index contributed by atoms with van der Waals surface area (Å²) >= 11 is 0. The van der Waals surface area contributed by atoms with Gasteiger partial charge in [-0.05, 0) is 19.3 Å². The van der Waals surface area contributed by atoms with Gasteiger partial charge in [-0.3, -0.25) is 9.59 Å². The molecule has 1 saturated carbocycles. The Kier molecular flexibility index (Phi) is 3.37. The third kappa shape index (κ3) is 2.11. The standard InChI is InChI=1S/C12H15N3O4/c13-10(17)8-9(15-6-14-8)12(11(18)19)3-1-2-7(4-12)5-16/h5-7H,1-4H2,(H2,13,17)(H,14,15)(H,18,19). The highest BCUT2D eigenvalue weighted by Crippen LogP contribution is 2.42. The Hall–Kier alpha value is -2.18. The second-order valence-corrected chi connectivity index (χ2v) is 4.87. The van der Waals surface area contributed by atoms with Gasteiger partial charge in [0.2, 0.25) is 0 Å². The maximum absolute atomic E-state index is 11.7. The van der Waals surface area contributed by atoms with Crippen LogP contribution in [0, 0.1) is 5.92 Å². The molecular formula is C12H15N3O4. The largest absolute Gasteiger partial charge is 0.481 e. The first-order valence-electron chi connectivity index (χ1n) is 6.03. The van der Waals surface area contributed by atoms with Gasteiger partial charge in [0.1, 0.15) is 17.4 Å². The summed E-state index contributed by atoms with van der Waals surface area (Å²) < 4.78 is 0. The number of nitrogens with two attached hydrogens (primary N) is 1. The summed E-state index contributed by atoms with van der Waals surface area (Å²) in [6.07, 6.45) is 3.82. The van der Waals surface area contributed by atoms with Gasteiger partial charge in [0.15, 0.2) is 0 Å². The van der Waals surface area contributed by atoms with Crippen molar-refractivity contribution in [3.8, 4) is 0 Å².